The van der Waals surface area contributed by atoms with Crippen molar-refractivity contribution < 1.29 is 23.8 Å². The van der Waals surface area contributed by atoms with Crippen LogP contribution in [-0.2, 0) is 9.59 Å². The molecule has 2 N–H and O–H groups in total. The van der Waals surface area contributed by atoms with Crippen molar-refractivity contribution in [1.29, 1.82) is 0 Å². The van der Waals surface area contributed by atoms with Gasteiger partial charge in [-0.3, -0.25) is 9.59 Å². The Morgan fingerprint density at radius 2 is 1.44 bits per heavy atom. The Morgan fingerprint density at radius 1 is 0.853 bits per heavy atom. The van der Waals surface area contributed by atoms with Gasteiger partial charge < -0.3 is 24.8 Å². The number of nitrogens with one attached hydrogen (secondary N) is 2. The van der Waals surface area contributed by atoms with Crippen LogP contribution in [0.3, 0.4) is 0 Å². The Balaban J connectivity index is 1.43. The Hall–Kier alpha value is -4.00. The van der Waals surface area contributed by atoms with Crippen molar-refractivity contribution in [2.45, 2.75) is 18.9 Å². The van der Waals surface area contributed by atoms with Gasteiger partial charge in [0.2, 0.25) is 5.91 Å². The van der Waals surface area contributed by atoms with Crippen molar-refractivity contribution in [3.8, 4) is 17.2 Å². The first-order valence-corrected chi connectivity index (χ1v) is 11.2. The first-order valence-electron chi connectivity index (χ1n) is 11.2. The number of benzene rings is 3. The zero-order valence-corrected chi connectivity index (χ0v) is 19.2. The predicted octanol–water partition coefficient (Wildman–Crippen LogP) is 4.34. The van der Waals surface area contributed by atoms with Gasteiger partial charge in [-0.1, -0.05) is 30.3 Å². The van der Waals surface area contributed by atoms with Gasteiger partial charge in [-0.05, 0) is 60.4 Å². The molecule has 0 spiro atoms. The van der Waals surface area contributed by atoms with Crippen molar-refractivity contribution >= 4 is 17.5 Å². The van der Waals surface area contributed by atoms with Crippen LogP contribution in [0.1, 0.15) is 30.0 Å². The molecule has 0 atom stereocenters. The number of carbonyl (C=O) groups excluding carboxylic acids is 2. The highest BCUT2D eigenvalue weighted by Crippen LogP contribution is 2.30. The summed E-state index contributed by atoms with van der Waals surface area (Å²) in [6, 6.07) is 21.8. The number of amides is 2. The van der Waals surface area contributed by atoms with Crippen LogP contribution >= 0.6 is 0 Å². The topological polar surface area (TPSA) is 85.9 Å². The van der Waals surface area contributed by atoms with Crippen LogP contribution in [0.5, 0.6) is 17.2 Å². The highest BCUT2D eigenvalue weighted by atomic mass is 16.5. The second-order valence-corrected chi connectivity index (χ2v) is 8.13. The van der Waals surface area contributed by atoms with Gasteiger partial charge in [0.25, 0.3) is 5.91 Å². The molecule has 0 radical (unpaired) electrons. The minimum absolute atomic E-state index is 0.0247. The molecule has 1 saturated carbocycles. The monoisotopic (exact) mass is 460 g/mol. The second kappa shape index (κ2) is 10.7. The van der Waals surface area contributed by atoms with Crippen LogP contribution < -0.4 is 24.8 Å². The van der Waals surface area contributed by atoms with Gasteiger partial charge in [0, 0.05) is 17.7 Å². The summed E-state index contributed by atoms with van der Waals surface area (Å²) in [7, 11) is 3.23. The predicted molar refractivity (Wildman–Crippen MR) is 129 cm³/mol. The lowest BCUT2D eigenvalue weighted by Gasteiger charge is -2.21. The van der Waals surface area contributed by atoms with Gasteiger partial charge in [0.05, 0.1) is 20.3 Å². The fourth-order valence-electron chi connectivity index (χ4n) is 3.56. The van der Waals surface area contributed by atoms with Crippen LogP contribution in [0.15, 0.2) is 72.8 Å². The number of ether oxygens (including phenoxy) is 3. The molecule has 7 nitrogen and oxygen atoms in total. The third-order valence-electron chi connectivity index (χ3n) is 5.62. The van der Waals surface area contributed by atoms with E-state index < -0.39 is 0 Å². The zero-order chi connectivity index (χ0) is 23.9. The molecule has 0 saturated heterocycles. The van der Waals surface area contributed by atoms with Crippen LogP contribution in [0.2, 0.25) is 0 Å². The maximum Gasteiger partial charge on any atom is 0.258 e. The molecule has 3 aromatic rings. The number of hydrogen-bond acceptors (Lipinski definition) is 5. The quantitative estimate of drug-likeness (QED) is 0.470. The van der Waals surface area contributed by atoms with E-state index in [9.17, 15) is 9.59 Å². The van der Waals surface area contributed by atoms with Crippen molar-refractivity contribution in [3.05, 3.63) is 83.9 Å². The molecule has 176 valence electrons. The molecule has 0 heterocycles. The van der Waals surface area contributed by atoms with E-state index in [0.717, 1.165) is 35.5 Å². The van der Waals surface area contributed by atoms with E-state index in [4.69, 9.17) is 14.2 Å². The highest BCUT2D eigenvalue weighted by Gasteiger charge is 2.29. The molecule has 0 aromatic heterocycles. The minimum Gasteiger partial charge on any atom is -0.497 e. The molecule has 0 bridgehead atoms. The summed E-state index contributed by atoms with van der Waals surface area (Å²) in [5, 5.41) is 5.94. The largest absolute Gasteiger partial charge is 0.497 e. The van der Waals surface area contributed by atoms with Crippen LogP contribution in [0, 0.1) is 5.92 Å². The van der Waals surface area contributed by atoms with E-state index >= 15 is 0 Å². The summed E-state index contributed by atoms with van der Waals surface area (Å²) in [5.74, 6) is 1.85. The molecule has 1 aliphatic rings. The first kappa shape index (κ1) is 23.2. The summed E-state index contributed by atoms with van der Waals surface area (Å²) < 4.78 is 16.2. The standard InChI is InChI=1S/C27H28N2O5/c1-32-22-12-8-18(9-13-22)26(19-10-14-23(33-2)15-11-19)29-25(30)17-34-24-5-3-4-21(16-24)28-27(31)20-6-7-20/h3-5,8-16,20,26H,6-7,17H2,1-2H3,(H,28,31)(H,29,30). The zero-order valence-electron chi connectivity index (χ0n) is 19.2. The number of hydrogen-bond donors (Lipinski definition) is 2. The molecule has 1 aliphatic carbocycles. The lowest BCUT2D eigenvalue weighted by atomic mass is 9.98. The average Bonchev–Trinajstić information content (AvgIpc) is 3.72. The molecule has 7 heteroatoms. The summed E-state index contributed by atoms with van der Waals surface area (Å²) in [6.07, 6.45) is 1.87. The highest BCUT2D eigenvalue weighted by molar-refractivity contribution is 5.94. The lowest BCUT2D eigenvalue weighted by molar-refractivity contribution is -0.123. The SMILES string of the molecule is COc1ccc(C(NC(=O)COc2cccc(NC(=O)C3CC3)c2)c2ccc(OC)cc2)cc1. The third-order valence-corrected chi connectivity index (χ3v) is 5.62. The van der Waals surface area contributed by atoms with Crippen molar-refractivity contribution in [3.63, 3.8) is 0 Å². The Morgan fingerprint density at radius 3 is 1.97 bits per heavy atom. The van der Waals surface area contributed by atoms with Gasteiger partial charge in [-0.2, -0.15) is 0 Å². The molecule has 34 heavy (non-hydrogen) atoms. The fraction of sp³-hybridized carbons (Fsp3) is 0.259. The maximum absolute atomic E-state index is 12.8. The van der Waals surface area contributed by atoms with Crippen molar-refractivity contribution in [2.75, 3.05) is 26.1 Å². The summed E-state index contributed by atoms with van der Waals surface area (Å²) in [5.41, 5.74) is 2.47. The average molecular weight is 461 g/mol. The number of carbonyl (C=O) groups is 2. The number of rotatable bonds is 10. The normalized spacial score (nSPS) is 12.7. The summed E-state index contributed by atoms with van der Waals surface area (Å²) in [4.78, 5) is 24.8. The second-order valence-electron chi connectivity index (χ2n) is 8.13. The third kappa shape index (κ3) is 6.07. The van der Waals surface area contributed by atoms with Crippen molar-refractivity contribution in [1.82, 2.24) is 5.32 Å². The van der Waals surface area contributed by atoms with E-state index in [2.05, 4.69) is 10.6 Å². The molecule has 0 unspecified atom stereocenters. The molecule has 3 aromatic carbocycles. The van der Waals surface area contributed by atoms with E-state index in [1.807, 2.05) is 48.5 Å². The fourth-order valence-corrected chi connectivity index (χ4v) is 3.56. The first-order chi connectivity index (χ1) is 16.6. The number of methoxy groups -OCH3 is 2. The van der Waals surface area contributed by atoms with Gasteiger partial charge in [0.1, 0.15) is 17.2 Å². The Bertz CT molecular complexity index is 1080. The van der Waals surface area contributed by atoms with Gasteiger partial charge >= 0.3 is 0 Å². The molecule has 1 fully saturated rings. The van der Waals surface area contributed by atoms with E-state index in [-0.39, 0.29) is 30.4 Å². The van der Waals surface area contributed by atoms with Crippen LogP contribution in [-0.4, -0.2) is 32.6 Å². The molecular formula is C27H28N2O5. The lowest BCUT2D eigenvalue weighted by Crippen LogP contribution is -2.33. The minimum atomic E-state index is -0.378. The molecule has 2 amide bonds. The number of anilines is 1. The smallest absolute Gasteiger partial charge is 0.258 e. The van der Waals surface area contributed by atoms with E-state index in [0.29, 0.717) is 11.4 Å². The molecule has 0 aliphatic heterocycles. The Labute approximate surface area is 199 Å². The molecule has 4 rings (SSSR count). The van der Waals surface area contributed by atoms with Gasteiger partial charge in [-0.25, -0.2) is 0 Å². The van der Waals surface area contributed by atoms with Crippen LogP contribution in [0.25, 0.3) is 0 Å². The van der Waals surface area contributed by atoms with Gasteiger partial charge in [0.15, 0.2) is 6.61 Å². The van der Waals surface area contributed by atoms with E-state index in [1.165, 1.54) is 0 Å². The maximum atomic E-state index is 12.8. The van der Waals surface area contributed by atoms with E-state index in [1.54, 1.807) is 38.5 Å². The van der Waals surface area contributed by atoms with Gasteiger partial charge in [-0.15, -0.1) is 0 Å². The summed E-state index contributed by atoms with van der Waals surface area (Å²) in [6.45, 7) is -0.164. The molecular weight excluding hydrogens is 432 g/mol. The summed E-state index contributed by atoms with van der Waals surface area (Å²) >= 11 is 0. The van der Waals surface area contributed by atoms with Crippen molar-refractivity contribution in [2.24, 2.45) is 5.92 Å². The van der Waals surface area contributed by atoms with Crippen LogP contribution in [0.4, 0.5) is 5.69 Å². The Kier molecular flexibility index (Phi) is 7.32.